The number of hydrogen-bond donors (Lipinski definition) is 3. The molecule has 210 valence electrons. The first kappa shape index (κ1) is 28.4. The number of aromatic nitrogens is 1. The number of nitrogens with zero attached hydrogens (tertiary/aromatic N) is 4. The molecular formula is C29H40N6O4. The second-order valence-corrected chi connectivity index (χ2v) is 10.7. The van der Waals surface area contributed by atoms with E-state index < -0.39 is 0 Å². The lowest BCUT2D eigenvalue weighted by atomic mass is 9.95. The van der Waals surface area contributed by atoms with E-state index in [-0.39, 0.29) is 36.3 Å². The molecule has 1 atom stereocenters. The summed E-state index contributed by atoms with van der Waals surface area (Å²) >= 11 is 0. The number of piperazine rings is 1. The highest BCUT2D eigenvalue weighted by Gasteiger charge is 2.29. The highest BCUT2D eigenvalue weighted by molar-refractivity contribution is 5.98. The van der Waals surface area contributed by atoms with Gasteiger partial charge in [-0.3, -0.25) is 14.4 Å². The van der Waals surface area contributed by atoms with Gasteiger partial charge in [0.2, 0.25) is 5.91 Å². The van der Waals surface area contributed by atoms with Gasteiger partial charge in [0.05, 0.1) is 12.3 Å². The molecule has 0 saturated carbocycles. The maximum atomic E-state index is 13.2. The van der Waals surface area contributed by atoms with Crippen molar-refractivity contribution < 1.29 is 19.5 Å². The van der Waals surface area contributed by atoms with Gasteiger partial charge >= 0.3 is 0 Å². The maximum absolute atomic E-state index is 13.2. The molecule has 0 aliphatic carbocycles. The van der Waals surface area contributed by atoms with E-state index in [1.165, 1.54) is 0 Å². The monoisotopic (exact) mass is 536 g/mol. The molecule has 3 amide bonds. The number of carbonyl (C=O) groups excluding carboxylic acids is 3. The molecule has 0 radical (unpaired) electrons. The van der Waals surface area contributed by atoms with Crippen molar-refractivity contribution >= 4 is 29.2 Å². The van der Waals surface area contributed by atoms with Crippen molar-refractivity contribution in [3.05, 3.63) is 53.7 Å². The third-order valence-corrected chi connectivity index (χ3v) is 7.29. The number of carbonyl (C=O) groups is 3. The van der Waals surface area contributed by atoms with Crippen molar-refractivity contribution in [2.75, 3.05) is 56.1 Å². The minimum Gasteiger partial charge on any atom is -0.394 e. The summed E-state index contributed by atoms with van der Waals surface area (Å²) in [5.74, 6) is 0.551. The predicted octanol–water partition coefficient (Wildman–Crippen LogP) is 2.21. The van der Waals surface area contributed by atoms with E-state index in [2.05, 4.69) is 34.4 Å². The summed E-state index contributed by atoms with van der Waals surface area (Å²) in [4.78, 5) is 48.9. The Morgan fingerprint density at radius 3 is 2.00 bits per heavy atom. The van der Waals surface area contributed by atoms with Gasteiger partial charge in [0.1, 0.15) is 0 Å². The lowest BCUT2D eigenvalue weighted by Gasteiger charge is -2.36. The second-order valence-electron chi connectivity index (χ2n) is 10.7. The van der Waals surface area contributed by atoms with Gasteiger partial charge in [0.15, 0.2) is 5.82 Å². The van der Waals surface area contributed by atoms with Crippen LogP contribution < -0.4 is 15.5 Å². The van der Waals surface area contributed by atoms with E-state index in [4.69, 9.17) is 5.11 Å². The molecule has 1 aromatic carbocycles. The van der Waals surface area contributed by atoms with Crippen LogP contribution in [0.4, 0.5) is 11.5 Å². The molecule has 0 spiro atoms. The van der Waals surface area contributed by atoms with Crippen LogP contribution in [0.1, 0.15) is 54.3 Å². The van der Waals surface area contributed by atoms with Crippen LogP contribution in [-0.2, 0) is 4.79 Å². The number of benzene rings is 1. The molecule has 2 aromatic rings. The van der Waals surface area contributed by atoms with Crippen LogP contribution in [-0.4, -0.2) is 95.6 Å². The zero-order valence-corrected chi connectivity index (χ0v) is 23.1. The summed E-state index contributed by atoms with van der Waals surface area (Å²) in [6.07, 6.45) is 2.97. The smallest absolute Gasteiger partial charge is 0.253 e. The Kier molecular flexibility index (Phi) is 9.40. The fourth-order valence-electron chi connectivity index (χ4n) is 5.07. The van der Waals surface area contributed by atoms with Crippen molar-refractivity contribution in [1.29, 1.82) is 0 Å². The fraction of sp³-hybridized carbons (Fsp3) is 0.517. The maximum Gasteiger partial charge on any atom is 0.253 e. The molecule has 39 heavy (non-hydrogen) atoms. The van der Waals surface area contributed by atoms with Crippen molar-refractivity contribution in [1.82, 2.24) is 20.1 Å². The van der Waals surface area contributed by atoms with E-state index in [0.717, 1.165) is 11.5 Å². The molecular weight excluding hydrogens is 496 g/mol. The Bertz CT molecular complexity index is 1140. The van der Waals surface area contributed by atoms with Gasteiger partial charge in [-0.2, -0.15) is 0 Å². The largest absolute Gasteiger partial charge is 0.394 e. The average molecular weight is 537 g/mol. The molecule has 10 heteroatoms. The topological polar surface area (TPSA) is 118 Å². The first-order valence-corrected chi connectivity index (χ1v) is 13.8. The summed E-state index contributed by atoms with van der Waals surface area (Å²) in [7, 11) is 0. The van der Waals surface area contributed by atoms with E-state index in [1.54, 1.807) is 42.3 Å². The molecule has 4 rings (SSSR count). The van der Waals surface area contributed by atoms with Gasteiger partial charge in [-0.1, -0.05) is 0 Å². The van der Waals surface area contributed by atoms with Gasteiger partial charge in [-0.25, -0.2) is 4.98 Å². The molecule has 3 heterocycles. The Hall–Kier alpha value is -3.66. The first-order valence-electron chi connectivity index (χ1n) is 13.8. The van der Waals surface area contributed by atoms with Gasteiger partial charge in [0.25, 0.3) is 11.8 Å². The Balaban J connectivity index is 1.29. The molecule has 0 unspecified atom stereocenters. The molecule has 10 nitrogen and oxygen atoms in total. The summed E-state index contributed by atoms with van der Waals surface area (Å²) in [5, 5.41) is 15.4. The summed E-state index contributed by atoms with van der Waals surface area (Å²) in [6.45, 7) is 9.42. The number of aliphatic hydroxyl groups excluding tert-OH is 1. The number of aliphatic hydroxyl groups is 1. The molecule has 1 aromatic heterocycles. The Morgan fingerprint density at radius 1 is 0.897 bits per heavy atom. The zero-order valence-electron chi connectivity index (χ0n) is 23.1. The predicted molar refractivity (Wildman–Crippen MR) is 151 cm³/mol. The summed E-state index contributed by atoms with van der Waals surface area (Å²) < 4.78 is 0. The average Bonchev–Trinajstić information content (AvgIpc) is 2.96. The standard InChI is InChI=1S/C29H40N6O4/c1-20(2)31-25-5-4-12-30-26(25)33-15-17-35(18-16-33)29(39)24-8-6-23(7-9-24)28(38)34-13-10-22(11-14-34)27(37)32-21(3)19-36/h4-9,12,20-22,31,36H,10-11,13-19H2,1-3H3,(H,32,37)/t21-/m0/s1. The van der Waals surface area contributed by atoms with E-state index in [1.807, 2.05) is 17.0 Å². The molecule has 0 bridgehead atoms. The van der Waals surface area contributed by atoms with Crippen LogP contribution in [0.25, 0.3) is 0 Å². The Labute approximate surface area is 230 Å². The van der Waals surface area contributed by atoms with Crippen molar-refractivity contribution in [2.24, 2.45) is 5.92 Å². The number of hydrogen-bond acceptors (Lipinski definition) is 7. The number of nitrogens with one attached hydrogen (secondary N) is 2. The van der Waals surface area contributed by atoms with Gasteiger partial charge in [0, 0.05) is 74.6 Å². The molecule has 2 aliphatic rings. The highest BCUT2D eigenvalue weighted by atomic mass is 16.3. The van der Waals surface area contributed by atoms with Crippen LogP contribution in [0, 0.1) is 5.92 Å². The van der Waals surface area contributed by atoms with Gasteiger partial charge in [-0.05, 0) is 70.0 Å². The van der Waals surface area contributed by atoms with Crippen molar-refractivity contribution in [2.45, 2.75) is 45.7 Å². The minimum atomic E-state index is -0.275. The second kappa shape index (κ2) is 12.9. The quantitative estimate of drug-likeness (QED) is 0.474. The van der Waals surface area contributed by atoms with E-state index >= 15 is 0 Å². The van der Waals surface area contributed by atoms with Crippen LogP contribution in [0.2, 0.25) is 0 Å². The fourth-order valence-corrected chi connectivity index (χ4v) is 5.07. The molecule has 2 fully saturated rings. The lowest BCUT2D eigenvalue weighted by molar-refractivity contribution is -0.127. The van der Waals surface area contributed by atoms with Crippen molar-refractivity contribution in [3.8, 4) is 0 Å². The van der Waals surface area contributed by atoms with Crippen molar-refractivity contribution in [3.63, 3.8) is 0 Å². The minimum absolute atomic E-state index is 0.0425. The first-order chi connectivity index (χ1) is 18.8. The van der Waals surface area contributed by atoms with Crippen LogP contribution in [0.15, 0.2) is 42.6 Å². The number of piperidine rings is 1. The van der Waals surface area contributed by atoms with E-state index in [0.29, 0.717) is 69.3 Å². The number of pyridine rings is 1. The zero-order chi connectivity index (χ0) is 27.9. The molecule has 2 saturated heterocycles. The SMILES string of the molecule is CC(C)Nc1cccnc1N1CCN(C(=O)c2ccc(C(=O)N3CCC(C(=O)N[C@@H](C)CO)CC3)cc2)CC1. The highest BCUT2D eigenvalue weighted by Crippen LogP contribution is 2.25. The lowest BCUT2D eigenvalue weighted by Crippen LogP contribution is -2.49. The number of likely N-dealkylation sites (tertiary alicyclic amines) is 1. The number of rotatable bonds is 8. The van der Waals surface area contributed by atoms with E-state index in [9.17, 15) is 14.4 Å². The third kappa shape index (κ3) is 7.06. The normalized spacial score (nSPS) is 17.2. The number of anilines is 2. The van der Waals surface area contributed by atoms with Crippen LogP contribution >= 0.6 is 0 Å². The van der Waals surface area contributed by atoms with Gasteiger partial charge < -0.3 is 30.4 Å². The number of amides is 3. The third-order valence-electron chi connectivity index (χ3n) is 7.29. The Morgan fingerprint density at radius 2 is 1.46 bits per heavy atom. The summed E-state index contributed by atoms with van der Waals surface area (Å²) in [6, 6.07) is 10.8. The molecule has 2 aliphatic heterocycles. The molecule has 3 N–H and O–H groups in total. The van der Waals surface area contributed by atoms with Gasteiger partial charge in [-0.15, -0.1) is 0 Å². The van der Waals surface area contributed by atoms with Crippen LogP contribution in [0.5, 0.6) is 0 Å². The summed E-state index contributed by atoms with van der Waals surface area (Å²) in [5.41, 5.74) is 2.10. The van der Waals surface area contributed by atoms with Crippen LogP contribution in [0.3, 0.4) is 0 Å².